The molecule has 0 radical (unpaired) electrons. The molecule has 0 unspecified atom stereocenters. The monoisotopic (exact) mass is 1020 g/mol. The van der Waals surface area contributed by atoms with Crippen LogP contribution < -0.4 is 9.80 Å². The van der Waals surface area contributed by atoms with E-state index < -0.39 is 0 Å². The number of rotatable bonds is 9. The van der Waals surface area contributed by atoms with Crippen LogP contribution in [0.25, 0.3) is 98.0 Å². The quantitative estimate of drug-likeness (QED) is 0.133. The summed E-state index contributed by atoms with van der Waals surface area (Å²) in [4.78, 5) is 4.83. The van der Waals surface area contributed by atoms with Crippen LogP contribution in [-0.4, -0.2) is 0 Å². The topological polar surface area (TPSA) is 6.48 Å². The molecular weight excluding hydrogens is 965 g/mol. The highest BCUT2D eigenvalue weighted by atomic mass is 15.1. The van der Waals surface area contributed by atoms with Crippen molar-refractivity contribution in [3.8, 4) is 33.4 Å². The fourth-order valence-electron chi connectivity index (χ4n) is 14.4. The summed E-state index contributed by atoms with van der Waals surface area (Å²) in [6.07, 6.45) is 0. The van der Waals surface area contributed by atoms with Crippen molar-refractivity contribution < 1.29 is 0 Å². The van der Waals surface area contributed by atoms with Gasteiger partial charge in [-0.25, -0.2) is 0 Å². The van der Waals surface area contributed by atoms with Gasteiger partial charge in [-0.2, -0.15) is 0 Å². The number of para-hydroxylation sites is 2. The van der Waals surface area contributed by atoms with Crippen molar-refractivity contribution >= 4 is 98.8 Å². The highest BCUT2D eigenvalue weighted by Gasteiger charge is 2.36. The third kappa shape index (κ3) is 6.72. The molecule has 0 amide bonds. The van der Waals surface area contributed by atoms with E-state index in [-0.39, 0.29) is 10.8 Å². The first-order valence-corrected chi connectivity index (χ1v) is 28.2. The maximum atomic E-state index is 2.43. The zero-order valence-electron chi connectivity index (χ0n) is 45.3. The molecule has 0 N–H and O–H groups in total. The lowest BCUT2D eigenvalue weighted by molar-refractivity contribution is 0.662. The maximum absolute atomic E-state index is 2.43. The maximum Gasteiger partial charge on any atom is 0.0540 e. The Morgan fingerprint density at radius 1 is 0.237 bits per heavy atom. The minimum atomic E-state index is -0.0516. The average molecular weight is 1020 g/mol. The molecule has 378 valence electrons. The summed E-state index contributed by atoms with van der Waals surface area (Å²) in [5.41, 5.74) is 19.6. The normalized spacial score (nSPS) is 13.7. The summed E-state index contributed by atoms with van der Waals surface area (Å²) < 4.78 is 0. The van der Waals surface area contributed by atoms with E-state index in [1.807, 2.05) is 0 Å². The van der Waals surface area contributed by atoms with Gasteiger partial charge in [-0.3, -0.25) is 0 Å². The molecule has 2 heteroatoms. The van der Waals surface area contributed by atoms with Crippen molar-refractivity contribution in [1.29, 1.82) is 0 Å². The molecule has 0 bridgehead atoms. The highest BCUT2D eigenvalue weighted by molar-refractivity contribution is 6.23. The van der Waals surface area contributed by atoms with Gasteiger partial charge < -0.3 is 9.80 Å². The summed E-state index contributed by atoms with van der Waals surface area (Å²) in [6.45, 7) is 9.50. The second kappa shape index (κ2) is 17.4. The van der Waals surface area contributed by atoms with E-state index >= 15 is 0 Å². The lowest BCUT2D eigenvalue weighted by Crippen LogP contribution is -2.14. The molecule has 0 heterocycles. The van der Waals surface area contributed by atoms with Crippen LogP contribution in [0.5, 0.6) is 0 Å². The van der Waals surface area contributed by atoms with Crippen molar-refractivity contribution in [2.75, 3.05) is 9.80 Å². The van der Waals surface area contributed by atoms with Crippen molar-refractivity contribution in [2.45, 2.75) is 38.5 Å². The van der Waals surface area contributed by atoms with Gasteiger partial charge in [0.05, 0.1) is 11.4 Å². The predicted molar refractivity (Wildman–Crippen MR) is 341 cm³/mol. The Morgan fingerprint density at radius 2 is 0.562 bits per heavy atom. The van der Waals surface area contributed by atoms with Gasteiger partial charge in [0.15, 0.2) is 0 Å². The molecule has 0 aliphatic heterocycles. The third-order valence-corrected chi connectivity index (χ3v) is 18.2. The second-order valence-electron chi connectivity index (χ2n) is 23.2. The Kier molecular flexibility index (Phi) is 10.1. The fourth-order valence-corrected chi connectivity index (χ4v) is 14.4. The average Bonchev–Trinajstić information content (AvgIpc) is 4.04. The van der Waals surface area contributed by atoms with E-state index in [0.29, 0.717) is 0 Å². The second-order valence-corrected chi connectivity index (χ2v) is 23.2. The third-order valence-electron chi connectivity index (χ3n) is 18.2. The minimum absolute atomic E-state index is 0.0516. The largest absolute Gasteiger partial charge is 0.310 e. The standard InChI is InChI=1S/C78H56N2/c1-77(2)67-31-15-19-51-47-65(63-29-17-33-69(77)75(63)73(51)67)59-43-45-71(61-27-13-11-25-57(59)61)79(53-21-7-5-8-22-53)55-39-35-49(36-40-55)50-37-41-56(42-38-50)80(54-23-9-6-10-24-54)72-46-44-60(58-26-12-14-28-62(58)72)66-48-52-20-16-32-68-74(52)76-64(66)30-18-34-70(76)78(68,3)4/h5-48H,1-4H3. The lowest BCUT2D eigenvalue weighted by Gasteiger charge is -2.28. The Labute approximate surface area is 467 Å². The number of hydrogen-bond acceptors (Lipinski definition) is 2. The van der Waals surface area contributed by atoms with Gasteiger partial charge in [-0.1, -0.05) is 222 Å². The van der Waals surface area contributed by atoms with E-state index in [9.17, 15) is 0 Å². The number of benzene rings is 14. The van der Waals surface area contributed by atoms with Crippen LogP contribution in [-0.2, 0) is 10.8 Å². The molecule has 0 fully saturated rings. The van der Waals surface area contributed by atoms with Crippen molar-refractivity contribution in [3.05, 3.63) is 289 Å². The molecule has 0 saturated heterocycles. The van der Waals surface area contributed by atoms with Crippen LogP contribution in [0.1, 0.15) is 49.9 Å². The van der Waals surface area contributed by atoms with Gasteiger partial charge in [-0.15, -0.1) is 0 Å². The molecule has 0 spiro atoms. The summed E-state index contributed by atoms with van der Waals surface area (Å²) in [5.74, 6) is 0. The lowest BCUT2D eigenvalue weighted by atomic mass is 9.82. The summed E-state index contributed by atoms with van der Waals surface area (Å²) in [7, 11) is 0. The van der Waals surface area contributed by atoms with Gasteiger partial charge in [0, 0.05) is 44.4 Å². The van der Waals surface area contributed by atoms with Gasteiger partial charge in [0.25, 0.3) is 0 Å². The van der Waals surface area contributed by atoms with E-state index in [4.69, 9.17) is 0 Å². The Balaban J connectivity index is 0.768. The fraction of sp³-hybridized carbons (Fsp3) is 0.0769. The molecular formula is C78H56N2. The first-order valence-electron chi connectivity index (χ1n) is 28.2. The van der Waals surface area contributed by atoms with Crippen molar-refractivity contribution in [3.63, 3.8) is 0 Å². The Morgan fingerprint density at radius 3 is 0.963 bits per heavy atom. The smallest absolute Gasteiger partial charge is 0.0540 e. The first-order chi connectivity index (χ1) is 39.2. The van der Waals surface area contributed by atoms with Crippen LogP contribution in [0.3, 0.4) is 0 Å². The van der Waals surface area contributed by atoms with Gasteiger partial charge >= 0.3 is 0 Å². The predicted octanol–water partition coefficient (Wildman–Crippen LogP) is 21.8. The molecule has 2 aliphatic carbocycles. The van der Waals surface area contributed by atoms with Crippen LogP contribution >= 0.6 is 0 Å². The van der Waals surface area contributed by atoms with E-state index in [2.05, 4.69) is 304 Å². The molecule has 80 heavy (non-hydrogen) atoms. The molecule has 0 saturated carbocycles. The van der Waals surface area contributed by atoms with Crippen LogP contribution in [0.2, 0.25) is 0 Å². The van der Waals surface area contributed by atoms with Crippen LogP contribution in [0.15, 0.2) is 267 Å². The van der Waals surface area contributed by atoms with Crippen molar-refractivity contribution in [2.24, 2.45) is 0 Å². The van der Waals surface area contributed by atoms with E-state index in [0.717, 1.165) is 45.3 Å². The Hall–Kier alpha value is -9.76. The van der Waals surface area contributed by atoms with Gasteiger partial charge in [0.2, 0.25) is 0 Å². The zero-order chi connectivity index (χ0) is 53.4. The molecule has 0 atom stereocenters. The number of fused-ring (bicyclic) bond motifs is 2. The van der Waals surface area contributed by atoms with E-state index in [1.165, 1.54) is 109 Å². The van der Waals surface area contributed by atoms with Crippen LogP contribution in [0.4, 0.5) is 34.1 Å². The summed E-state index contributed by atoms with van der Waals surface area (Å²) in [5, 5.41) is 15.7. The summed E-state index contributed by atoms with van der Waals surface area (Å²) in [6, 6.07) is 99.5. The minimum Gasteiger partial charge on any atom is -0.310 e. The highest BCUT2D eigenvalue weighted by Crippen LogP contribution is 2.54. The molecule has 14 aromatic rings. The number of anilines is 6. The van der Waals surface area contributed by atoms with Gasteiger partial charge in [0.1, 0.15) is 0 Å². The van der Waals surface area contributed by atoms with Gasteiger partial charge in [-0.05, 0) is 182 Å². The van der Waals surface area contributed by atoms with E-state index in [1.54, 1.807) is 0 Å². The SMILES string of the molecule is CC1(C)c2cccc3cc(-c4ccc(N(c5ccccc5)c5ccc(-c6ccc(N(c7ccccc7)c7ccc(-c8cc9cccc%10c9c9c(cccc89)C%10(C)C)c8ccccc78)cc6)cc5)c5ccccc45)c4cccc1c4c23. The Bertz CT molecular complexity index is 4550. The molecule has 14 aromatic carbocycles. The number of nitrogens with zero attached hydrogens (tertiary/aromatic N) is 2. The molecule has 2 nitrogen and oxygen atoms in total. The van der Waals surface area contributed by atoms with Crippen molar-refractivity contribution in [1.82, 2.24) is 0 Å². The molecule has 0 aromatic heterocycles. The molecule has 2 aliphatic rings. The first kappa shape index (κ1) is 46.3. The zero-order valence-corrected chi connectivity index (χ0v) is 45.3. The van der Waals surface area contributed by atoms with Crippen LogP contribution in [0, 0.1) is 0 Å². The molecule has 16 rings (SSSR count). The number of hydrogen-bond donors (Lipinski definition) is 0. The summed E-state index contributed by atoms with van der Waals surface area (Å²) >= 11 is 0.